The zero-order chi connectivity index (χ0) is 18.5. The Bertz CT molecular complexity index is 732. The maximum Gasteiger partial charge on any atom is 0.223 e. The Kier molecular flexibility index (Phi) is 6.04. The van der Waals surface area contributed by atoms with E-state index in [1.54, 1.807) is 12.1 Å². The molecule has 0 aliphatic carbocycles. The Morgan fingerprint density at radius 2 is 2.04 bits per heavy atom. The maximum absolute atomic E-state index is 13.6. The van der Waals surface area contributed by atoms with E-state index in [0.29, 0.717) is 18.5 Å². The highest BCUT2D eigenvalue weighted by atomic mass is 19.1. The summed E-state index contributed by atoms with van der Waals surface area (Å²) in [5, 5.41) is 6.95. The van der Waals surface area contributed by atoms with Crippen LogP contribution in [0.25, 0.3) is 0 Å². The van der Waals surface area contributed by atoms with E-state index in [1.807, 2.05) is 19.9 Å². The van der Waals surface area contributed by atoms with E-state index in [-0.39, 0.29) is 17.6 Å². The monoisotopic (exact) mass is 359 g/mol. The fourth-order valence-electron chi connectivity index (χ4n) is 3.47. The van der Waals surface area contributed by atoms with E-state index >= 15 is 0 Å². The number of benzene rings is 1. The lowest BCUT2D eigenvalue weighted by molar-refractivity contribution is -0.126. The summed E-state index contributed by atoms with van der Waals surface area (Å²) in [6, 6.07) is 6.70. The van der Waals surface area contributed by atoms with Gasteiger partial charge in [-0.05, 0) is 57.8 Å². The number of likely N-dealkylation sites (tertiary alicyclic amines) is 1. The van der Waals surface area contributed by atoms with Crippen molar-refractivity contribution in [1.82, 2.24) is 15.4 Å². The Balaban J connectivity index is 1.41. The number of aromatic nitrogens is 1. The molecule has 0 spiro atoms. The van der Waals surface area contributed by atoms with Crippen molar-refractivity contribution in [2.75, 3.05) is 19.6 Å². The highest BCUT2D eigenvalue weighted by Gasteiger charge is 2.25. The molecule has 2 aromatic rings. The van der Waals surface area contributed by atoms with Crippen molar-refractivity contribution < 1.29 is 13.7 Å². The molecule has 5 nitrogen and oxygen atoms in total. The largest absolute Gasteiger partial charge is 0.361 e. The van der Waals surface area contributed by atoms with Gasteiger partial charge in [0.1, 0.15) is 11.6 Å². The van der Waals surface area contributed by atoms with Crippen LogP contribution in [0.1, 0.15) is 35.4 Å². The molecule has 1 fully saturated rings. The minimum Gasteiger partial charge on any atom is -0.361 e. The van der Waals surface area contributed by atoms with E-state index in [1.165, 1.54) is 6.07 Å². The number of nitrogens with one attached hydrogen (secondary N) is 1. The van der Waals surface area contributed by atoms with Gasteiger partial charge in [-0.1, -0.05) is 23.4 Å². The summed E-state index contributed by atoms with van der Waals surface area (Å²) in [5.74, 6) is 0.778. The van der Waals surface area contributed by atoms with Crippen LogP contribution < -0.4 is 5.32 Å². The predicted molar refractivity (Wildman–Crippen MR) is 97.1 cm³/mol. The second kappa shape index (κ2) is 8.45. The summed E-state index contributed by atoms with van der Waals surface area (Å²) in [6.07, 6.45) is 2.20. The van der Waals surface area contributed by atoms with E-state index in [4.69, 9.17) is 4.52 Å². The number of carbonyl (C=O) groups excluding carboxylic acids is 1. The quantitative estimate of drug-likeness (QED) is 0.861. The molecule has 1 aliphatic rings. The van der Waals surface area contributed by atoms with Crippen LogP contribution in [0.2, 0.25) is 0 Å². The third-order valence-electron chi connectivity index (χ3n) is 5.17. The second-order valence-electron chi connectivity index (χ2n) is 6.99. The van der Waals surface area contributed by atoms with Crippen molar-refractivity contribution in [3.63, 3.8) is 0 Å². The first-order valence-electron chi connectivity index (χ1n) is 9.20. The number of hydrogen-bond acceptors (Lipinski definition) is 4. The van der Waals surface area contributed by atoms with Crippen LogP contribution in [0.4, 0.5) is 4.39 Å². The SMILES string of the molecule is Cc1noc(C)c1CN1CCC(C(=O)NCCc2ccccc2F)CC1. The minimum absolute atomic E-state index is 0.0385. The third-order valence-corrected chi connectivity index (χ3v) is 5.17. The summed E-state index contributed by atoms with van der Waals surface area (Å²) in [7, 11) is 0. The maximum atomic E-state index is 13.6. The molecule has 1 aromatic carbocycles. The summed E-state index contributed by atoms with van der Waals surface area (Å²) in [6.45, 7) is 6.96. The first-order valence-corrected chi connectivity index (χ1v) is 9.20. The first-order chi connectivity index (χ1) is 12.5. The molecular formula is C20H26FN3O2. The van der Waals surface area contributed by atoms with Crippen LogP contribution in [-0.2, 0) is 17.8 Å². The number of piperidine rings is 1. The Morgan fingerprint density at radius 1 is 1.31 bits per heavy atom. The fraction of sp³-hybridized carbons (Fsp3) is 0.500. The summed E-state index contributed by atoms with van der Waals surface area (Å²) in [5.41, 5.74) is 2.73. The van der Waals surface area contributed by atoms with Crippen molar-refractivity contribution in [1.29, 1.82) is 0 Å². The van der Waals surface area contributed by atoms with Gasteiger partial charge in [0.25, 0.3) is 0 Å². The van der Waals surface area contributed by atoms with E-state index in [9.17, 15) is 9.18 Å². The summed E-state index contributed by atoms with van der Waals surface area (Å²) in [4.78, 5) is 14.7. The van der Waals surface area contributed by atoms with Gasteiger partial charge in [0, 0.05) is 24.6 Å². The van der Waals surface area contributed by atoms with Crippen LogP contribution in [0, 0.1) is 25.6 Å². The van der Waals surface area contributed by atoms with Gasteiger partial charge in [0.2, 0.25) is 5.91 Å². The molecule has 2 heterocycles. The molecule has 0 radical (unpaired) electrons. The molecule has 0 atom stereocenters. The smallest absolute Gasteiger partial charge is 0.223 e. The van der Waals surface area contributed by atoms with E-state index < -0.39 is 0 Å². The molecule has 0 saturated carbocycles. The Labute approximate surface area is 153 Å². The Morgan fingerprint density at radius 3 is 2.69 bits per heavy atom. The molecule has 1 saturated heterocycles. The van der Waals surface area contributed by atoms with Crippen LogP contribution in [0.15, 0.2) is 28.8 Å². The predicted octanol–water partition coefficient (Wildman–Crippen LogP) is 3.00. The number of halogens is 1. The molecule has 0 unspecified atom stereocenters. The number of carbonyl (C=O) groups is 1. The van der Waals surface area contributed by atoms with Crippen LogP contribution in [-0.4, -0.2) is 35.6 Å². The van der Waals surface area contributed by atoms with Crippen molar-refractivity contribution >= 4 is 5.91 Å². The van der Waals surface area contributed by atoms with Crippen LogP contribution in [0.3, 0.4) is 0 Å². The second-order valence-corrected chi connectivity index (χ2v) is 6.99. The topological polar surface area (TPSA) is 58.4 Å². The van der Waals surface area contributed by atoms with Gasteiger partial charge >= 0.3 is 0 Å². The highest BCUT2D eigenvalue weighted by Crippen LogP contribution is 2.21. The normalized spacial score (nSPS) is 16.0. The lowest BCUT2D eigenvalue weighted by Gasteiger charge is -2.31. The molecule has 0 bridgehead atoms. The van der Waals surface area contributed by atoms with Crippen molar-refractivity contribution in [3.8, 4) is 0 Å². The zero-order valence-electron chi connectivity index (χ0n) is 15.4. The third kappa shape index (κ3) is 4.49. The molecule has 26 heavy (non-hydrogen) atoms. The van der Waals surface area contributed by atoms with Gasteiger partial charge in [-0.2, -0.15) is 0 Å². The molecule has 140 valence electrons. The van der Waals surface area contributed by atoms with Crippen LogP contribution >= 0.6 is 0 Å². The first kappa shape index (κ1) is 18.6. The number of rotatable bonds is 6. The van der Waals surface area contributed by atoms with E-state index in [0.717, 1.165) is 49.5 Å². The van der Waals surface area contributed by atoms with Gasteiger partial charge in [-0.15, -0.1) is 0 Å². The van der Waals surface area contributed by atoms with E-state index in [2.05, 4.69) is 15.4 Å². The summed E-state index contributed by atoms with van der Waals surface area (Å²) < 4.78 is 18.8. The van der Waals surface area contributed by atoms with Crippen molar-refractivity contribution in [3.05, 3.63) is 52.7 Å². The lowest BCUT2D eigenvalue weighted by Crippen LogP contribution is -2.40. The number of amides is 1. The number of nitrogens with zero attached hydrogens (tertiary/aromatic N) is 2. The van der Waals surface area contributed by atoms with Crippen LogP contribution in [0.5, 0.6) is 0 Å². The number of hydrogen-bond donors (Lipinski definition) is 1. The fourth-order valence-corrected chi connectivity index (χ4v) is 3.47. The molecular weight excluding hydrogens is 333 g/mol. The average molecular weight is 359 g/mol. The lowest BCUT2D eigenvalue weighted by atomic mass is 9.95. The highest BCUT2D eigenvalue weighted by molar-refractivity contribution is 5.78. The minimum atomic E-state index is -0.214. The van der Waals surface area contributed by atoms with Gasteiger partial charge < -0.3 is 9.84 Å². The molecule has 6 heteroatoms. The molecule has 1 aromatic heterocycles. The van der Waals surface area contributed by atoms with Crippen molar-refractivity contribution in [2.24, 2.45) is 5.92 Å². The van der Waals surface area contributed by atoms with Crippen molar-refractivity contribution in [2.45, 2.75) is 39.7 Å². The average Bonchev–Trinajstić information content (AvgIpc) is 2.96. The van der Waals surface area contributed by atoms with Gasteiger partial charge in [0.15, 0.2) is 0 Å². The molecule has 3 rings (SSSR count). The molecule has 1 aliphatic heterocycles. The standard InChI is InChI=1S/C20H26FN3O2/c1-14-18(15(2)26-23-14)13-24-11-8-17(9-12-24)20(25)22-10-7-16-5-3-4-6-19(16)21/h3-6,17H,7-13H2,1-2H3,(H,22,25). The van der Waals surface area contributed by atoms with Gasteiger partial charge in [0.05, 0.1) is 5.69 Å². The number of aryl methyl sites for hydroxylation is 2. The summed E-state index contributed by atoms with van der Waals surface area (Å²) >= 11 is 0. The Hall–Kier alpha value is -2.21. The van der Waals surface area contributed by atoms with Gasteiger partial charge in [-0.3, -0.25) is 9.69 Å². The molecule has 1 N–H and O–H groups in total. The zero-order valence-corrected chi connectivity index (χ0v) is 15.4. The molecule has 1 amide bonds. The van der Waals surface area contributed by atoms with Gasteiger partial charge in [-0.25, -0.2) is 4.39 Å².